The van der Waals surface area contributed by atoms with Gasteiger partial charge in [-0.1, -0.05) is 37.0 Å². The van der Waals surface area contributed by atoms with Crippen molar-refractivity contribution in [1.82, 2.24) is 4.72 Å². The minimum absolute atomic E-state index is 0.0754. The van der Waals surface area contributed by atoms with Crippen molar-refractivity contribution in [2.45, 2.75) is 55.9 Å². The normalized spacial score (nSPS) is 24.7. The van der Waals surface area contributed by atoms with Gasteiger partial charge in [0.15, 0.2) is 0 Å². The number of nitrogens with one attached hydrogen (secondary N) is 1. The Morgan fingerprint density at radius 3 is 2.55 bits per heavy atom. The SMILES string of the molecule is Cc1ccc(S(=O)(=O)NC[C@@H]2CCOC23CCCCC3)cc1. The lowest BCUT2D eigenvalue weighted by atomic mass is 9.76. The fourth-order valence-corrected chi connectivity index (χ4v) is 4.87. The molecule has 122 valence electrons. The molecule has 1 heterocycles. The van der Waals surface area contributed by atoms with E-state index in [9.17, 15) is 8.42 Å². The van der Waals surface area contributed by atoms with Crippen molar-refractivity contribution in [2.24, 2.45) is 5.92 Å². The van der Waals surface area contributed by atoms with Gasteiger partial charge in [0.1, 0.15) is 0 Å². The smallest absolute Gasteiger partial charge is 0.240 e. The third kappa shape index (κ3) is 3.21. The monoisotopic (exact) mass is 323 g/mol. The summed E-state index contributed by atoms with van der Waals surface area (Å²) in [5, 5.41) is 0. The summed E-state index contributed by atoms with van der Waals surface area (Å²) in [7, 11) is -3.43. The van der Waals surface area contributed by atoms with Gasteiger partial charge in [-0.25, -0.2) is 13.1 Å². The van der Waals surface area contributed by atoms with Crippen LogP contribution in [0.25, 0.3) is 0 Å². The second kappa shape index (κ2) is 6.30. The van der Waals surface area contributed by atoms with Crippen LogP contribution in [-0.4, -0.2) is 27.2 Å². The molecular weight excluding hydrogens is 298 g/mol. The van der Waals surface area contributed by atoms with Crippen molar-refractivity contribution in [3.63, 3.8) is 0 Å². The first-order valence-corrected chi connectivity index (χ1v) is 9.70. The molecule has 1 saturated heterocycles. The highest BCUT2D eigenvalue weighted by molar-refractivity contribution is 7.89. The second-order valence-electron chi connectivity index (χ2n) is 6.62. The van der Waals surface area contributed by atoms with E-state index in [0.29, 0.717) is 17.4 Å². The molecule has 0 amide bonds. The molecule has 1 N–H and O–H groups in total. The molecule has 5 heteroatoms. The summed E-state index contributed by atoms with van der Waals surface area (Å²) in [4.78, 5) is 0.342. The van der Waals surface area contributed by atoms with Crippen LogP contribution < -0.4 is 4.72 Å². The van der Waals surface area contributed by atoms with Crippen LogP contribution in [0.5, 0.6) is 0 Å². The van der Waals surface area contributed by atoms with Crippen LogP contribution in [0.4, 0.5) is 0 Å². The Morgan fingerprint density at radius 2 is 1.86 bits per heavy atom. The predicted octanol–water partition coefficient (Wildman–Crippen LogP) is 3.01. The van der Waals surface area contributed by atoms with E-state index in [4.69, 9.17) is 4.74 Å². The zero-order chi connectivity index (χ0) is 15.6. The van der Waals surface area contributed by atoms with Gasteiger partial charge in [-0.05, 0) is 38.3 Å². The maximum atomic E-state index is 12.4. The molecular formula is C17H25NO3S. The zero-order valence-corrected chi connectivity index (χ0v) is 14.0. The zero-order valence-electron chi connectivity index (χ0n) is 13.2. The largest absolute Gasteiger partial charge is 0.375 e. The van der Waals surface area contributed by atoms with Crippen LogP contribution in [0, 0.1) is 12.8 Å². The predicted molar refractivity (Wildman–Crippen MR) is 86.2 cm³/mol. The van der Waals surface area contributed by atoms with E-state index in [2.05, 4.69) is 4.72 Å². The molecule has 1 saturated carbocycles. The van der Waals surface area contributed by atoms with Crippen molar-refractivity contribution >= 4 is 10.0 Å². The van der Waals surface area contributed by atoms with Gasteiger partial charge in [-0.2, -0.15) is 0 Å². The molecule has 3 rings (SSSR count). The maximum Gasteiger partial charge on any atom is 0.240 e. The van der Waals surface area contributed by atoms with Crippen LogP contribution >= 0.6 is 0 Å². The highest BCUT2D eigenvalue weighted by atomic mass is 32.2. The Bertz CT molecular complexity index is 603. The summed E-state index contributed by atoms with van der Waals surface area (Å²) in [6.45, 7) is 3.19. The van der Waals surface area contributed by atoms with Gasteiger partial charge in [0.2, 0.25) is 10.0 Å². The summed E-state index contributed by atoms with van der Waals surface area (Å²) < 4.78 is 33.7. The molecule has 1 aliphatic carbocycles. The minimum Gasteiger partial charge on any atom is -0.375 e. The first-order valence-electron chi connectivity index (χ1n) is 8.22. The molecule has 0 radical (unpaired) electrons. The molecule has 0 unspecified atom stereocenters. The molecule has 0 bridgehead atoms. The van der Waals surface area contributed by atoms with Gasteiger partial charge < -0.3 is 4.74 Å². The van der Waals surface area contributed by atoms with Gasteiger partial charge in [-0.15, -0.1) is 0 Å². The number of hydrogen-bond donors (Lipinski definition) is 1. The van der Waals surface area contributed by atoms with Crippen molar-refractivity contribution in [1.29, 1.82) is 0 Å². The van der Waals surface area contributed by atoms with E-state index in [1.165, 1.54) is 19.3 Å². The Labute approximate surface area is 133 Å². The lowest BCUT2D eigenvalue weighted by Crippen LogP contribution is -2.43. The average molecular weight is 323 g/mol. The summed E-state index contributed by atoms with van der Waals surface area (Å²) in [6.07, 6.45) is 6.76. The van der Waals surface area contributed by atoms with Crippen LogP contribution in [0.3, 0.4) is 0 Å². The van der Waals surface area contributed by atoms with Gasteiger partial charge in [-0.3, -0.25) is 0 Å². The van der Waals surface area contributed by atoms with Crippen LogP contribution in [0.1, 0.15) is 44.1 Å². The van der Waals surface area contributed by atoms with Crippen molar-refractivity contribution in [3.05, 3.63) is 29.8 Å². The Morgan fingerprint density at radius 1 is 1.18 bits per heavy atom. The molecule has 4 nitrogen and oxygen atoms in total. The van der Waals surface area contributed by atoms with E-state index < -0.39 is 10.0 Å². The molecule has 1 aromatic carbocycles. The highest BCUT2D eigenvalue weighted by Crippen LogP contribution is 2.43. The molecule has 2 fully saturated rings. The van der Waals surface area contributed by atoms with E-state index >= 15 is 0 Å². The Hall–Kier alpha value is -0.910. The number of aryl methyl sites for hydroxylation is 1. The molecule has 1 aromatic rings. The third-order valence-electron chi connectivity index (χ3n) is 5.15. The second-order valence-corrected chi connectivity index (χ2v) is 8.39. The Balaban J connectivity index is 1.67. The summed E-state index contributed by atoms with van der Waals surface area (Å²) in [5.41, 5.74) is 0.984. The average Bonchev–Trinajstić information content (AvgIpc) is 2.89. The van der Waals surface area contributed by atoms with Crippen LogP contribution in [0.2, 0.25) is 0 Å². The number of rotatable bonds is 4. The molecule has 1 aliphatic heterocycles. The lowest BCUT2D eigenvalue weighted by Gasteiger charge is -2.37. The third-order valence-corrected chi connectivity index (χ3v) is 6.59. The quantitative estimate of drug-likeness (QED) is 0.926. The Kier molecular flexibility index (Phi) is 4.57. The fourth-order valence-electron chi connectivity index (χ4n) is 3.79. The highest BCUT2D eigenvalue weighted by Gasteiger charge is 2.44. The van der Waals surface area contributed by atoms with Crippen LogP contribution in [-0.2, 0) is 14.8 Å². The standard InChI is InChI=1S/C17H25NO3S/c1-14-5-7-16(8-6-14)22(19,20)18-13-15-9-12-21-17(15)10-3-2-4-11-17/h5-8,15,18H,2-4,9-13H2,1H3/t15-/m0/s1. The molecule has 0 aromatic heterocycles. The number of benzene rings is 1. The molecule has 22 heavy (non-hydrogen) atoms. The molecule has 2 aliphatic rings. The van der Waals surface area contributed by atoms with Gasteiger partial charge in [0.05, 0.1) is 10.5 Å². The summed E-state index contributed by atoms with van der Waals surface area (Å²) >= 11 is 0. The van der Waals surface area contributed by atoms with E-state index in [1.807, 2.05) is 19.1 Å². The maximum absolute atomic E-state index is 12.4. The summed E-state index contributed by atoms with van der Waals surface area (Å²) in [6, 6.07) is 6.99. The lowest BCUT2D eigenvalue weighted by molar-refractivity contribution is -0.0483. The number of sulfonamides is 1. The summed E-state index contributed by atoms with van der Waals surface area (Å²) in [5.74, 6) is 0.299. The van der Waals surface area contributed by atoms with Crippen molar-refractivity contribution < 1.29 is 13.2 Å². The van der Waals surface area contributed by atoms with Crippen molar-refractivity contribution in [2.75, 3.05) is 13.2 Å². The van der Waals surface area contributed by atoms with E-state index in [1.54, 1.807) is 12.1 Å². The van der Waals surface area contributed by atoms with Crippen LogP contribution in [0.15, 0.2) is 29.2 Å². The molecule has 1 spiro atoms. The van der Waals surface area contributed by atoms with E-state index in [0.717, 1.165) is 31.4 Å². The molecule has 1 atom stereocenters. The minimum atomic E-state index is -3.43. The number of hydrogen-bond acceptors (Lipinski definition) is 3. The van der Waals surface area contributed by atoms with Crippen molar-refractivity contribution in [3.8, 4) is 0 Å². The van der Waals surface area contributed by atoms with Gasteiger partial charge in [0, 0.05) is 19.1 Å². The van der Waals surface area contributed by atoms with E-state index in [-0.39, 0.29) is 5.60 Å². The topological polar surface area (TPSA) is 55.4 Å². The van der Waals surface area contributed by atoms with Gasteiger partial charge >= 0.3 is 0 Å². The first kappa shape index (κ1) is 16.0. The number of ether oxygens (including phenoxy) is 1. The first-order chi connectivity index (χ1) is 10.5. The fraction of sp³-hybridized carbons (Fsp3) is 0.647. The van der Waals surface area contributed by atoms with Gasteiger partial charge in [0.25, 0.3) is 0 Å².